The highest BCUT2D eigenvalue weighted by atomic mass is 32.1. The van der Waals surface area contributed by atoms with Gasteiger partial charge in [-0.15, -0.1) is 0 Å². The number of aromatic nitrogens is 2. The monoisotopic (exact) mass is 502 g/mol. The van der Waals surface area contributed by atoms with E-state index in [2.05, 4.69) is 4.98 Å². The molecule has 0 saturated heterocycles. The van der Waals surface area contributed by atoms with E-state index in [4.69, 9.17) is 18.9 Å². The number of ether oxygens (including phenoxy) is 4. The zero-order chi connectivity index (χ0) is 24.9. The SMILES string of the molecule is CCOc1cc(C=c2sc3nc4ccccc4n3c2=O)ccc1OCCCOc1ccc(OC)cc1. The Bertz CT molecular complexity index is 1590. The molecule has 0 N–H and O–H groups in total. The van der Waals surface area contributed by atoms with Gasteiger partial charge in [0, 0.05) is 6.42 Å². The van der Waals surface area contributed by atoms with Crippen molar-refractivity contribution in [3.8, 4) is 23.0 Å². The highest BCUT2D eigenvalue weighted by molar-refractivity contribution is 7.15. The van der Waals surface area contributed by atoms with Crippen molar-refractivity contribution in [1.29, 1.82) is 0 Å². The average molecular weight is 503 g/mol. The molecule has 0 fully saturated rings. The van der Waals surface area contributed by atoms with Crippen molar-refractivity contribution in [3.05, 3.63) is 87.2 Å². The molecule has 0 bridgehead atoms. The standard InChI is InChI=1S/C28H26N2O5S/c1-3-33-25-17-19(18-26-27(31)30-23-8-5-4-7-22(23)29-28(30)36-26)9-14-24(25)35-16-6-15-34-21-12-10-20(32-2)11-13-21/h4-5,7-14,17-18H,3,6,15-16H2,1-2H3. The Hall–Kier alpha value is -4.04. The lowest BCUT2D eigenvalue weighted by molar-refractivity contribution is 0.236. The smallest absolute Gasteiger partial charge is 0.274 e. The molecule has 2 aromatic heterocycles. The van der Waals surface area contributed by atoms with E-state index in [0.29, 0.717) is 47.2 Å². The quantitative estimate of drug-likeness (QED) is 0.258. The Morgan fingerprint density at radius 2 is 1.69 bits per heavy atom. The van der Waals surface area contributed by atoms with Crippen molar-refractivity contribution in [2.75, 3.05) is 26.9 Å². The van der Waals surface area contributed by atoms with Gasteiger partial charge in [-0.2, -0.15) is 0 Å². The van der Waals surface area contributed by atoms with E-state index in [-0.39, 0.29) is 5.56 Å². The second-order valence-corrected chi connectivity index (χ2v) is 9.01. The molecule has 0 aliphatic rings. The second-order valence-electron chi connectivity index (χ2n) is 8.00. The Balaban J connectivity index is 1.27. The molecule has 2 heterocycles. The van der Waals surface area contributed by atoms with Crippen LogP contribution in [0.3, 0.4) is 0 Å². The minimum atomic E-state index is -0.0705. The van der Waals surface area contributed by atoms with E-state index in [1.165, 1.54) is 11.3 Å². The molecule has 0 atom stereocenters. The highest BCUT2D eigenvalue weighted by Gasteiger charge is 2.11. The van der Waals surface area contributed by atoms with Crippen LogP contribution in [0.25, 0.3) is 22.1 Å². The summed E-state index contributed by atoms with van der Waals surface area (Å²) in [5.74, 6) is 2.88. The topological polar surface area (TPSA) is 71.3 Å². The highest BCUT2D eigenvalue weighted by Crippen LogP contribution is 2.29. The number of methoxy groups -OCH3 is 1. The van der Waals surface area contributed by atoms with Crippen molar-refractivity contribution < 1.29 is 18.9 Å². The third-order valence-electron chi connectivity index (χ3n) is 5.58. The number of hydrogen-bond donors (Lipinski definition) is 0. The largest absolute Gasteiger partial charge is 0.497 e. The summed E-state index contributed by atoms with van der Waals surface area (Å²) in [6.45, 7) is 3.45. The summed E-state index contributed by atoms with van der Waals surface area (Å²) in [5, 5.41) is 0. The van der Waals surface area contributed by atoms with Gasteiger partial charge in [-0.25, -0.2) is 9.38 Å². The third kappa shape index (κ3) is 4.99. The van der Waals surface area contributed by atoms with E-state index in [9.17, 15) is 4.79 Å². The predicted molar refractivity (Wildman–Crippen MR) is 142 cm³/mol. The first-order chi connectivity index (χ1) is 17.7. The van der Waals surface area contributed by atoms with Gasteiger partial charge in [-0.1, -0.05) is 29.5 Å². The summed E-state index contributed by atoms with van der Waals surface area (Å²) in [4.78, 5) is 18.3. The Morgan fingerprint density at radius 1 is 0.917 bits per heavy atom. The van der Waals surface area contributed by atoms with E-state index in [1.807, 2.05) is 79.7 Å². The molecule has 36 heavy (non-hydrogen) atoms. The number of nitrogens with zero attached hydrogens (tertiary/aromatic N) is 2. The summed E-state index contributed by atoms with van der Waals surface area (Å²) < 4.78 is 25.0. The summed E-state index contributed by atoms with van der Waals surface area (Å²) in [6.07, 6.45) is 2.58. The maximum Gasteiger partial charge on any atom is 0.274 e. The first-order valence-corrected chi connectivity index (χ1v) is 12.6. The second kappa shape index (κ2) is 10.7. The van der Waals surface area contributed by atoms with Crippen molar-refractivity contribution in [2.45, 2.75) is 13.3 Å². The van der Waals surface area contributed by atoms with Crippen LogP contribution in [0.2, 0.25) is 0 Å². The lowest BCUT2D eigenvalue weighted by Crippen LogP contribution is -2.22. The molecule has 0 radical (unpaired) electrons. The van der Waals surface area contributed by atoms with Gasteiger partial charge in [0.25, 0.3) is 5.56 Å². The molecular weight excluding hydrogens is 476 g/mol. The molecule has 0 aliphatic carbocycles. The van der Waals surface area contributed by atoms with Gasteiger partial charge in [-0.05, 0) is 67.1 Å². The summed E-state index contributed by atoms with van der Waals surface area (Å²) in [5.41, 5.74) is 2.43. The van der Waals surface area contributed by atoms with Crippen molar-refractivity contribution in [2.24, 2.45) is 0 Å². The van der Waals surface area contributed by atoms with Gasteiger partial charge >= 0.3 is 0 Å². The molecule has 184 valence electrons. The molecule has 0 aliphatic heterocycles. The van der Waals surface area contributed by atoms with Crippen molar-refractivity contribution in [1.82, 2.24) is 9.38 Å². The Labute approximate surface area is 212 Å². The van der Waals surface area contributed by atoms with Gasteiger partial charge < -0.3 is 18.9 Å². The third-order valence-corrected chi connectivity index (χ3v) is 6.55. The Kier molecular flexibility index (Phi) is 7.04. The van der Waals surface area contributed by atoms with Crippen LogP contribution in [-0.2, 0) is 0 Å². The van der Waals surface area contributed by atoms with Gasteiger partial charge in [-0.3, -0.25) is 4.79 Å². The van der Waals surface area contributed by atoms with E-state index < -0.39 is 0 Å². The molecule has 0 amide bonds. The number of imidazole rings is 1. The van der Waals surface area contributed by atoms with E-state index in [0.717, 1.165) is 28.1 Å². The zero-order valence-corrected chi connectivity index (χ0v) is 20.9. The van der Waals surface area contributed by atoms with Crippen LogP contribution < -0.4 is 29.0 Å². The Morgan fingerprint density at radius 3 is 2.50 bits per heavy atom. The first kappa shape index (κ1) is 23.7. The van der Waals surface area contributed by atoms with Crippen LogP contribution >= 0.6 is 11.3 Å². The normalized spacial score (nSPS) is 11.8. The lowest BCUT2D eigenvalue weighted by Gasteiger charge is -2.13. The van der Waals surface area contributed by atoms with Crippen LogP contribution in [0.1, 0.15) is 18.9 Å². The molecule has 5 rings (SSSR count). The molecule has 0 unspecified atom stereocenters. The molecule has 0 saturated carbocycles. The van der Waals surface area contributed by atoms with Crippen LogP contribution in [-0.4, -0.2) is 36.3 Å². The van der Waals surface area contributed by atoms with E-state index >= 15 is 0 Å². The maximum absolute atomic E-state index is 13.1. The van der Waals surface area contributed by atoms with Gasteiger partial charge in [0.2, 0.25) is 0 Å². The van der Waals surface area contributed by atoms with Gasteiger partial charge in [0.05, 0.1) is 42.5 Å². The van der Waals surface area contributed by atoms with Crippen LogP contribution in [0, 0.1) is 0 Å². The first-order valence-electron chi connectivity index (χ1n) is 11.7. The molecular formula is C28H26N2O5S. The lowest BCUT2D eigenvalue weighted by atomic mass is 10.2. The van der Waals surface area contributed by atoms with Crippen LogP contribution in [0.15, 0.2) is 71.5 Å². The van der Waals surface area contributed by atoms with Gasteiger partial charge in [0.1, 0.15) is 11.5 Å². The molecule has 0 spiro atoms. The van der Waals surface area contributed by atoms with Crippen LogP contribution in [0.5, 0.6) is 23.0 Å². The summed E-state index contributed by atoms with van der Waals surface area (Å²) in [6, 6.07) is 20.8. The minimum Gasteiger partial charge on any atom is -0.497 e. The van der Waals surface area contributed by atoms with Crippen molar-refractivity contribution in [3.63, 3.8) is 0 Å². The number of fused-ring (bicyclic) bond motifs is 3. The van der Waals surface area contributed by atoms with E-state index in [1.54, 1.807) is 11.5 Å². The average Bonchev–Trinajstić information content (AvgIpc) is 3.41. The fourth-order valence-electron chi connectivity index (χ4n) is 3.87. The molecule has 8 heteroatoms. The summed E-state index contributed by atoms with van der Waals surface area (Å²) in [7, 11) is 1.64. The summed E-state index contributed by atoms with van der Waals surface area (Å²) >= 11 is 1.38. The number of thiazole rings is 1. The predicted octanol–water partition coefficient (Wildman–Crippen LogP) is 4.71. The van der Waals surface area contributed by atoms with Crippen molar-refractivity contribution >= 4 is 33.4 Å². The fourth-order valence-corrected chi connectivity index (χ4v) is 4.86. The molecule has 7 nitrogen and oxygen atoms in total. The van der Waals surface area contributed by atoms with Crippen LogP contribution in [0.4, 0.5) is 0 Å². The minimum absolute atomic E-state index is 0.0705. The zero-order valence-electron chi connectivity index (χ0n) is 20.1. The fraction of sp³-hybridized carbons (Fsp3) is 0.214. The van der Waals surface area contributed by atoms with Gasteiger partial charge in [0.15, 0.2) is 16.5 Å². The molecule has 5 aromatic rings. The number of hydrogen-bond acceptors (Lipinski definition) is 7. The number of rotatable bonds is 10. The number of benzene rings is 3. The molecule has 3 aromatic carbocycles. The maximum atomic E-state index is 13.1. The number of para-hydroxylation sites is 2.